The number of ether oxygens (including phenoxy) is 1. The van der Waals surface area contributed by atoms with E-state index in [0.29, 0.717) is 11.1 Å². The van der Waals surface area contributed by atoms with Gasteiger partial charge in [-0.2, -0.15) is 4.73 Å². The number of nitrogens with zero attached hydrogens (tertiary/aromatic N) is 2. The number of rotatable bonds is 2. The SMILES string of the molecule is COC(=O)c1ccc2c(c1)ncn2OC. The number of imidazole rings is 1. The van der Waals surface area contributed by atoms with Gasteiger partial charge in [-0.3, -0.25) is 0 Å². The van der Waals surface area contributed by atoms with Gasteiger partial charge in [0.1, 0.15) is 19.0 Å². The van der Waals surface area contributed by atoms with Gasteiger partial charge in [0.25, 0.3) is 0 Å². The van der Waals surface area contributed by atoms with Crippen molar-refractivity contribution in [1.29, 1.82) is 0 Å². The van der Waals surface area contributed by atoms with E-state index in [1.165, 1.54) is 11.8 Å². The second-order valence-corrected chi connectivity index (χ2v) is 2.95. The normalized spacial score (nSPS) is 10.3. The lowest BCUT2D eigenvalue weighted by Crippen LogP contribution is -2.04. The highest BCUT2D eigenvalue weighted by molar-refractivity contribution is 5.93. The van der Waals surface area contributed by atoms with Crippen molar-refractivity contribution in [3.05, 3.63) is 30.1 Å². The van der Waals surface area contributed by atoms with Gasteiger partial charge in [0, 0.05) is 0 Å². The highest BCUT2D eigenvalue weighted by Crippen LogP contribution is 2.14. The largest absolute Gasteiger partial charge is 0.465 e. The fourth-order valence-electron chi connectivity index (χ4n) is 1.38. The van der Waals surface area contributed by atoms with Crippen LogP contribution in [0.15, 0.2) is 24.5 Å². The summed E-state index contributed by atoms with van der Waals surface area (Å²) in [5.74, 6) is -0.371. The molecule has 0 radical (unpaired) electrons. The van der Waals surface area contributed by atoms with Gasteiger partial charge in [0.2, 0.25) is 0 Å². The molecule has 1 aromatic carbocycles. The Morgan fingerprint density at radius 1 is 1.40 bits per heavy atom. The Kier molecular flexibility index (Phi) is 2.29. The van der Waals surface area contributed by atoms with E-state index < -0.39 is 0 Å². The molecule has 0 spiro atoms. The van der Waals surface area contributed by atoms with Crippen molar-refractivity contribution < 1.29 is 14.4 Å². The molecule has 5 nitrogen and oxygen atoms in total. The molecule has 0 amide bonds. The second-order valence-electron chi connectivity index (χ2n) is 2.95. The summed E-state index contributed by atoms with van der Waals surface area (Å²) in [4.78, 5) is 20.4. The van der Waals surface area contributed by atoms with E-state index in [-0.39, 0.29) is 5.97 Å². The van der Waals surface area contributed by atoms with Crippen LogP contribution in [-0.2, 0) is 4.74 Å². The molecule has 0 unspecified atom stereocenters. The van der Waals surface area contributed by atoms with Crippen LogP contribution in [0.1, 0.15) is 10.4 Å². The van der Waals surface area contributed by atoms with Crippen LogP contribution in [0, 0.1) is 0 Å². The number of hydrogen-bond donors (Lipinski definition) is 0. The van der Waals surface area contributed by atoms with Crippen LogP contribution in [-0.4, -0.2) is 29.9 Å². The number of methoxy groups -OCH3 is 1. The number of benzene rings is 1. The average Bonchev–Trinajstić information content (AvgIpc) is 2.69. The maximum atomic E-state index is 11.2. The van der Waals surface area contributed by atoms with Gasteiger partial charge in [-0.15, -0.1) is 0 Å². The lowest BCUT2D eigenvalue weighted by atomic mass is 10.2. The number of esters is 1. The minimum atomic E-state index is -0.371. The third-order valence-corrected chi connectivity index (χ3v) is 2.13. The second kappa shape index (κ2) is 3.61. The van der Waals surface area contributed by atoms with E-state index in [4.69, 9.17) is 4.84 Å². The van der Waals surface area contributed by atoms with Crippen LogP contribution < -0.4 is 4.84 Å². The molecular weight excluding hydrogens is 196 g/mol. The molecule has 0 aliphatic rings. The minimum Gasteiger partial charge on any atom is -0.465 e. The molecule has 0 saturated heterocycles. The Hall–Kier alpha value is -2.04. The van der Waals surface area contributed by atoms with Crippen LogP contribution in [0.3, 0.4) is 0 Å². The molecule has 2 rings (SSSR count). The third-order valence-electron chi connectivity index (χ3n) is 2.13. The Labute approximate surface area is 86.2 Å². The zero-order valence-electron chi connectivity index (χ0n) is 8.43. The molecule has 15 heavy (non-hydrogen) atoms. The Bertz CT molecular complexity index is 504. The standard InChI is InChI=1S/C10H10N2O3/c1-14-10(13)7-3-4-9-8(5-7)11-6-12(9)15-2/h3-6H,1-2H3. The summed E-state index contributed by atoms with van der Waals surface area (Å²) >= 11 is 0. The van der Waals surface area contributed by atoms with Crippen molar-refractivity contribution in [2.24, 2.45) is 0 Å². The van der Waals surface area contributed by atoms with Crippen molar-refractivity contribution in [1.82, 2.24) is 9.71 Å². The predicted molar refractivity (Wildman–Crippen MR) is 53.6 cm³/mol. The zero-order valence-corrected chi connectivity index (χ0v) is 8.43. The van der Waals surface area contributed by atoms with Gasteiger partial charge in [-0.25, -0.2) is 9.78 Å². The molecule has 0 bridgehead atoms. The van der Waals surface area contributed by atoms with E-state index in [1.54, 1.807) is 31.6 Å². The Morgan fingerprint density at radius 3 is 2.87 bits per heavy atom. The molecule has 78 valence electrons. The molecule has 0 saturated carbocycles. The molecule has 0 aliphatic heterocycles. The maximum Gasteiger partial charge on any atom is 0.337 e. The average molecular weight is 206 g/mol. The number of carbonyl (C=O) groups excluding carboxylic acids is 1. The van der Waals surface area contributed by atoms with Gasteiger partial charge < -0.3 is 9.57 Å². The lowest BCUT2D eigenvalue weighted by molar-refractivity contribution is 0.0601. The smallest absolute Gasteiger partial charge is 0.337 e. The molecular formula is C10H10N2O3. The molecule has 0 aliphatic carbocycles. The predicted octanol–water partition coefficient (Wildman–Crippen LogP) is 0.881. The summed E-state index contributed by atoms with van der Waals surface area (Å²) in [6, 6.07) is 5.10. The van der Waals surface area contributed by atoms with Gasteiger partial charge in [0.05, 0.1) is 18.2 Å². The monoisotopic (exact) mass is 206 g/mol. The third kappa shape index (κ3) is 1.52. The van der Waals surface area contributed by atoms with E-state index in [2.05, 4.69) is 9.72 Å². The molecule has 1 aromatic heterocycles. The summed E-state index contributed by atoms with van der Waals surface area (Å²) < 4.78 is 6.14. The van der Waals surface area contributed by atoms with Crippen molar-refractivity contribution in [2.75, 3.05) is 14.2 Å². The summed E-state index contributed by atoms with van der Waals surface area (Å²) in [6.45, 7) is 0. The first-order valence-electron chi connectivity index (χ1n) is 4.36. The molecule has 0 N–H and O–H groups in total. The molecule has 5 heteroatoms. The van der Waals surface area contributed by atoms with Gasteiger partial charge in [-0.1, -0.05) is 0 Å². The van der Waals surface area contributed by atoms with E-state index >= 15 is 0 Å². The van der Waals surface area contributed by atoms with Crippen molar-refractivity contribution >= 4 is 17.0 Å². The topological polar surface area (TPSA) is 53.3 Å². The molecule has 0 fully saturated rings. The molecule has 0 atom stereocenters. The zero-order chi connectivity index (χ0) is 10.8. The fourth-order valence-corrected chi connectivity index (χ4v) is 1.38. The van der Waals surface area contributed by atoms with Crippen LogP contribution in [0.2, 0.25) is 0 Å². The molecule has 2 aromatic rings. The van der Waals surface area contributed by atoms with E-state index in [9.17, 15) is 4.79 Å². The Balaban J connectivity index is 2.53. The van der Waals surface area contributed by atoms with Crippen molar-refractivity contribution in [3.63, 3.8) is 0 Å². The summed E-state index contributed by atoms with van der Waals surface area (Å²) in [6.07, 6.45) is 1.55. The minimum absolute atomic E-state index is 0.371. The first kappa shape index (κ1) is 9.51. The quantitative estimate of drug-likeness (QED) is 0.684. The van der Waals surface area contributed by atoms with Crippen LogP contribution >= 0.6 is 0 Å². The number of carbonyl (C=O) groups is 1. The summed E-state index contributed by atoms with van der Waals surface area (Å²) in [5, 5.41) is 0. The van der Waals surface area contributed by atoms with Crippen molar-refractivity contribution in [3.8, 4) is 0 Å². The van der Waals surface area contributed by atoms with Gasteiger partial charge in [-0.05, 0) is 18.2 Å². The highest BCUT2D eigenvalue weighted by atomic mass is 16.6. The van der Waals surface area contributed by atoms with Crippen molar-refractivity contribution in [2.45, 2.75) is 0 Å². The number of aromatic nitrogens is 2. The number of hydrogen-bond acceptors (Lipinski definition) is 4. The van der Waals surface area contributed by atoms with E-state index in [1.807, 2.05) is 0 Å². The summed E-state index contributed by atoms with van der Waals surface area (Å²) in [5.41, 5.74) is 1.98. The highest BCUT2D eigenvalue weighted by Gasteiger charge is 2.08. The van der Waals surface area contributed by atoms with E-state index in [0.717, 1.165) is 5.52 Å². The van der Waals surface area contributed by atoms with Gasteiger partial charge in [0.15, 0.2) is 0 Å². The number of fused-ring (bicyclic) bond motifs is 1. The first-order chi connectivity index (χ1) is 7.26. The van der Waals surface area contributed by atoms with Crippen LogP contribution in [0.5, 0.6) is 0 Å². The van der Waals surface area contributed by atoms with Crippen LogP contribution in [0.4, 0.5) is 0 Å². The maximum absolute atomic E-state index is 11.2. The molecule has 1 heterocycles. The summed E-state index contributed by atoms with van der Waals surface area (Å²) in [7, 11) is 2.90. The Morgan fingerprint density at radius 2 is 2.20 bits per heavy atom. The fraction of sp³-hybridized carbons (Fsp3) is 0.200. The van der Waals surface area contributed by atoms with Gasteiger partial charge >= 0.3 is 5.97 Å². The first-order valence-corrected chi connectivity index (χ1v) is 4.36. The lowest BCUT2D eigenvalue weighted by Gasteiger charge is -2.01. The van der Waals surface area contributed by atoms with Crippen LogP contribution in [0.25, 0.3) is 11.0 Å².